The molecule has 0 unspecified atom stereocenters. The summed E-state index contributed by atoms with van der Waals surface area (Å²) in [5.74, 6) is 1.36. The average molecular weight is 243 g/mol. The summed E-state index contributed by atoms with van der Waals surface area (Å²) in [5, 5.41) is 3.09. The van der Waals surface area contributed by atoms with Crippen LogP contribution in [0.15, 0.2) is 35.5 Å². The van der Waals surface area contributed by atoms with Gasteiger partial charge >= 0.3 is 0 Å². The molecule has 0 aromatic carbocycles. The largest absolute Gasteiger partial charge is 0.467 e. The van der Waals surface area contributed by atoms with E-state index >= 15 is 0 Å². The van der Waals surface area contributed by atoms with Gasteiger partial charge in [-0.3, -0.25) is 9.36 Å². The van der Waals surface area contributed by atoms with Gasteiger partial charge in [0.1, 0.15) is 18.4 Å². The minimum atomic E-state index is 0.474. The third kappa shape index (κ3) is 1.71. The predicted molar refractivity (Wildman–Crippen MR) is 63.5 cm³/mol. The van der Waals surface area contributed by atoms with Crippen LogP contribution in [-0.4, -0.2) is 25.9 Å². The second kappa shape index (κ2) is 4.28. The first-order valence-corrected chi connectivity index (χ1v) is 5.27. The van der Waals surface area contributed by atoms with Crippen molar-refractivity contribution in [1.82, 2.24) is 19.5 Å². The summed E-state index contributed by atoms with van der Waals surface area (Å²) in [7, 11) is 0. The van der Waals surface area contributed by atoms with Gasteiger partial charge in [0.25, 0.3) is 0 Å². The predicted octanol–water partition coefficient (Wildman–Crippen LogP) is 1.07. The molecule has 1 N–H and O–H groups in total. The molecule has 0 aliphatic rings. The molecule has 7 heteroatoms. The second-order valence-electron chi connectivity index (χ2n) is 3.58. The first-order valence-electron chi connectivity index (χ1n) is 5.27. The lowest BCUT2D eigenvalue weighted by Gasteiger charge is -2.03. The monoisotopic (exact) mass is 243 g/mol. The maximum atomic E-state index is 10.8. The number of anilines is 1. The number of carbonyl (C=O) groups is 1. The number of nitrogens with zero attached hydrogens (tertiary/aromatic N) is 4. The molecule has 0 spiro atoms. The smallest absolute Gasteiger partial charge is 0.220 e. The lowest BCUT2D eigenvalue weighted by molar-refractivity contribution is 0.518. The Labute approximate surface area is 101 Å². The van der Waals surface area contributed by atoms with Crippen LogP contribution in [0.1, 0.15) is 5.76 Å². The number of hydrogen-bond acceptors (Lipinski definition) is 6. The van der Waals surface area contributed by atoms with Gasteiger partial charge in [0.05, 0.1) is 12.8 Å². The fraction of sp³-hybridized carbons (Fsp3) is 0.0909. The van der Waals surface area contributed by atoms with Crippen molar-refractivity contribution < 1.29 is 9.21 Å². The zero-order valence-corrected chi connectivity index (χ0v) is 9.28. The Morgan fingerprint density at radius 3 is 3.11 bits per heavy atom. The summed E-state index contributed by atoms with van der Waals surface area (Å²) < 4.78 is 6.51. The van der Waals surface area contributed by atoms with Crippen molar-refractivity contribution in [3.8, 4) is 0 Å². The molecule has 0 fully saturated rings. The number of carbonyl (C=O) groups excluding carboxylic acids is 1. The second-order valence-corrected chi connectivity index (χ2v) is 3.58. The Morgan fingerprint density at radius 1 is 1.39 bits per heavy atom. The van der Waals surface area contributed by atoms with Crippen LogP contribution in [0.2, 0.25) is 0 Å². The van der Waals surface area contributed by atoms with E-state index in [9.17, 15) is 4.79 Å². The SMILES string of the molecule is O=Cn1cnc2c(NCc3ccco3)ncnc21. The molecular formula is C11H9N5O2. The molecule has 0 atom stereocenters. The molecule has 0 aliphatic carbocycles. The van der Waals surface area contributed by atoms with E-state index in [4.69, 9.17) is 4.42 Å². The summed E-state index contributed by atoms with van der Waals surface area (Å²) in [5.41, 5.74) is 1.03. The lowest BCUT2D eigenvalue weighted by Crippen LogP contribution is -2.02. The third-order valence-electron chi connectivity index (χ3n) is 2.48. The Hall–Kier alpha value is -2.70. The highest BCUT2D eigenvalue weighted by Crippen LogP contribution is 2.17. The quantitative estimate of drug-likeness (QED) is 0.690. The Balaban J connectivity index is 1.92. The van der Waals surface area contributed by atoms with Crippen LogP contribution < -0.4 is 5.32 Å². The molecule has 0 radical (unpaired) electrons. The highest BCUT2D eigenvalue weighted by molar-refractivity contribution is 5.86. The standard InChI is InChI=1S/C11H9N5O2/c17-7-16-6-15-9-10(13-5-14-11(9)16)12-4-8-2-1-3-18-8/h1-3,5-7H,4H2,(H,12,13,14). The van der Waals surface area contributed by atoms with E-state index in [-0.39, 0.29) is 0 Å². The van der Waals surface area contributed by atoms with Crippen molar-refractivity contribution in [2.75, 3.05) is 5.32 Å². The van der Waals surface area contributed by atoms with Gasteiger partial charge in [-0.05, 0) is 12.1 Å². The normalized spacial score (nSPS) is 10.7. The molecule has 0 amide bonds. The Bertz CT molecular complexity index is 674. The van der Waals surface area contributed by atoms with E-state index in [1.165, 1.54) is 17.2 Å². The van der Waals surface area contributed by atoms with Crippen LogP contribution in [0.5, 0.6) is 0 Å². The fourth-order valence-electron chi connectivity index (χ4n) is 1.64. The van der Waals surface area contributed by atoms with Crippen LogP contribution in [0.4, 0.5) is 5.82 Å². The van der Waals surface area contributed by atoms with E-state index in [0.29, 0.717) is 29.9 Å². The Morgan fingerprint density at radius 2 is 2.33 bits per heavy atom. The minimum Gasteiger partial charge on any atom is -0.467 e. The molecule has 0 aliphatic heterocycles. The molecular weight excluding hydrogens is 234 g/mol. The highest BCUT2D eigenvalue weighted by atomic mass is 16.3. The molecule has 3 rings (SSSR count). The van der Waals surface area contributed by atoms with Crippen LogP contribution in [0.25, 0.3) is 11.2 Å². The minimum absolute atomic E-state index is 0.474. The molecule has 18 heavy (non-hydrogen) atoms. The van der Waals surface area contributed by atoms with Crippen LogP contribution in [0, 0.1) is 0 Å². The van der Waals surface area contributed by atoms with Gasteiger partial charge in [0.15, 0.2) is 17.0 Å². The fourth-order valence-corrected chi connectivity index (χ4v) is 1.64. The number of nitrogens with one attached hydrogen (secondary N) is 1. The first kappa shape index (κ1) is 10.5. The number of hydrogen-bond donors (Lipinski definition) is 1. The van der Waals surface area contributed by atoms with Gasteiger partial charge in [0, 0.05) is 0 Å². The summed E-state index contributed by atoms with van der Waals surface area (Å²) in [4.78, 5) is 23.0. The number of fused-ring (bicyclic) bond motifs is 1. The molecule has 90 valence electrons. The van der Waals surface area contributed by atoms with Gasteiger partial charge in [0.2, 0.25) is 6.41 Å². The molecule has 3 aromatic rings. The molecule has 3 aromatic heterocycles. The molecule has 0 bridgehead atoms. The van der Waals surface area contributed by atoms with Crippen molar-refractivity contribution >= 4 is 23.4 Å². The first-order chi connectivity index (χ1) is 8.88. The number of rotatable bonds is 4. The van der Waals surface area contributed by atoms with E-state index < -0.39 is 0 Å². The van der Waals surface area contributed by atoms with Gasteiger partial charge in [-0.1, -0.05) is 0 Å². The summed E-state index contributed by atoms with van der Waals surface area (Å²) in [6.45, 7) is 0.493. The molecule has 0 saturated carbocycles. The Kier molecular flexibility index (Phi) is 2.49. The van der Waals surface area contributed by atoms with Crippen LogP contribution in [0.3, 0.4) is 0 Å². The zero-order chi connectivity index (χ0) is 12.4. The lowest BCUT2D eigenvalue weighted by atomic mass is 10.4. The van der Waals surface area contributed by atoms with Crippen molar-refractivity contribution in [3.63, 3.8) is 0 Å². The van der Waals surface area contributed by atoms with Gasteiger partial charge in [-0.15, -0.1) is 0 Å². The van der Waals surface area contributed by atoms with Crippen LogP contribution in [-0.2, 0) is 11.3 Å². The molecule has 3 heterocycles. The summed E-state index contributed by atoms with van der Waals surface area (Å²) >= 11 is 0. The van der Waals surface area contributed by atoms with Crippen molar-refractivity contribution in [2.45, 2.75) is 6.54 Å². The average Bonchev–Trinajstić information content (AvgIpc) is 3.05. The van der Waals surface area contributed by atoms with Crippen LogP contribution >= 0.6 is 0 Å². The van der Waals surface area contributed by atoms with Crippen molar-refractivity contribution in [1.29, 1.82) is 0 Å². The number of imidazole rings is 1. The maximum Gasteiger partial charge on any atom is 0.220 e. The van der Waals surface area contributed by atoms with E-state index in [2.05, 4.69) is 20.3 Å². The third-order valence-corrected chi connectivity index (χ3v) is 2.48. The number of aromatic nitrogens is 4. The topological polar surface area (TPSA) is 85.8 Å². The highest BCUT2D eigenvalue weighted by Gasteiger charge is 2.09. The van der Waals surface area contributed by atoms with Crippen molar-refractivity contribution in [2.24, 2.45) is 0 Å². The maximum absolute atomic E-state index is 10.8. The van der Waals surface area contributed by atoms with E-state index in [1.54, 1.807) is 6.26 Å². The number of furan rings is 1. The van der Waals surface area contributed by atoms with Crippen molar-refractivity contribution in [3.05, 3.63) is 36.8 Å². The van der Waals surface area contributed by atoms with Gasteiger partial charge in [-0.25, -0.2) is 15.0 Å². The van der Waals surface area contributed by atoms with E-state index in [1.807, 2.05) is 12.1 Å². The summed E-state index contributed by atoms with van der Waals surface area (Å²) in [6.07, 6.45) is 5.05. The zero-order valence-electron chi connectivity index (χ0n) is 9.28. The van der Waals surface area contributed by atoms with Gasteiger partial charge < -0.3 is 9.73 Å². The van der Waals surface area contributed by atoms with E-state index in [0.717, 1.165) is 5.76 Å². The molecule has 7 nitrogen and oxygen atoms in total. The molecule has 0 saturated heterocycles. The summed E-state index contributed by atoms with van der Waals surface area (Å²) in [6, 6.07) is 3.67. The van der Waals surface area contributed by atoms with Gasteiger partial charge in [-0.2, -0.15) is 0 Å².